The fraction of sp³-hybridized carbons (Fsp3) is 0.514. The molecule has 2 atom stereocenters. The van der Waals surface area contributed by atoms with Crippen LogP contribution in [0.15, 0.2) is 30.5 Å². The predicted octanol–water partition coefficient (Wildman–Crippen LogP) is 7.06. The average molecular weight is 636 g/mol. The third kappa shape index (κ3) is 4.76. The van der Waals surface area contributed by atoms with Gasteiger partial charge in [0.15, 0.2) is 5.82 Å². The molecule has 1 aliphatic carbocycles. The zero-order valence-corrected chi connectivity index (χ0v) is 25.8. The van der Waals surface area contributed by atoms with Gasteiger partial charge in [0.25, 0.3) is 0 Å². The van der Waals surface area contributed by atoms with Crippen molar-refractivity contribution >= 4 is 27.5 Å². The number of nitrogens with zero attached hydrogens (tertiary/aromatic N) is 5. The standard InChI is InChI=1S/C35H37F4N5O2/c1-2-24-27(38)6-5-20-11-23(45)12-25(28(20)24)30-29(39)31-26(16-40-30)32(43-9-3-7-34(18-43)13-21(36)14-34)42-33(41-31)46-19-35-8-4-10-44(35)17-22(37)15-35/h5-6,11-12,16,21-22,45H,2-4,7-10,13-15,17-19H2,1H3/t21?,22-,34?,35+/m1/s1. The Hall–Kier alpha value is -3.73. The molecular formula is C35H37F4N5O2. The number of aromatic nitrogens is 3. The second kappa shape index (κ2) is 10.9. The second-order valence-corrected chi connectivity index (χ2v) is 13.9. The van der Waals surface area contributed by atoms with Gasteiger partial charge in [-0.2, -0.15) is 9.97 Å². The van der Waals surface area contributed by atoms with Crippen LogP contribution >= 0.6 is 0 Å². The van der Waals surface area contributed by atoms with E-state index in [1.54, 1.807) is 6.07 Å². The number of rotatable bonds is 6. The third-order valence-corrected chi connectivity index (χ3v) is 10.9. The van der Waals surface area contributed by atoms with E-state index in [4.69, 9.17) is 9.72 Å². The van der Waals surface area contributed by atoms with Crippen LogP contribution in [-0.4, -0.2) is 75.6 Å². The number of fused-ring (bicyclic) bond motifs is 3. The van der Waals surface area contributed by atoms with Crippen LogP contribution in [0.3, 0.4) is 0 Å². The van der Waals surface area contributed by atoms with Crippen LogP contribution in [-0.2, 0) is 6.42 Å². The van der Waals surface area contributed by atoms with Gasteiger partial charge in [0.05, 0.1) is 10.9 Å². The number of phenols is 1. The van der Waals surface area contributed by atoms with Gasteiger partial charge < -0.3 is 14.7 Å². The summed E-state index contributed by atoms with van der Waals surface area (Å²) in [6, 6.07) is 5.81. The topological polar surface area (TPSA) is 74.6 Å². The van der Waals surface area contributed by atoms with Crippen LogP contribution in [0.4, 0.5) is 23.4 Å². The number of phenolic OH excluding ortho intramolecular Hbond substituents is 1. The number of piperidine rings is 1. The van der Waals surface area contributed by atoms with E-state index in [0.29, 0.717) is 72.9 Å². The first kappa shape index (κ1) is 29.7. The van der Waals surface area contributed by atoms with Crippen molar-refractivity contribution in [3.05, 3.63) is 47.7 Å². The summed E-state index contributed by atoms with van der Waals surface area (Å²) in [6.45, 7) is 4.43. The molecule has 2 aromatic carbocycles. The summed E-state index contributed by atoms with van der Waals surface area (Å²) in [4.78, 5) is 18.1. The molecule has 1 saturated carbocycles. The highest BCUT2D eigenvalue weighted by Crippen LogP contribution is 2.50. The van der Waals surface area contributed by atoms with Crippen LogP contribution in [0.25, 0.3) is 32.9 Å². The van der Waals surface area contributed by atoms with Crippen molar-refractivity contribution in [2.45, 2.75) is 76.2 Å². The number of hydrogen-bond acceptors (Lipinski definition) is 7. The second-order valence-electron chi connectivity index (χ2n) is 13.9. The highest BCUT2D eigenvalue weighted by atomic mass is 19.1. The quantitative estimate of drug-likeness (QED) is 0.227. The Morgan fingerprint density at radius 3 is 2.65 bits per heavy atom. The molecule has 0 bridgehead atoms. The molecule has 2 aromatic heterocycles. The molecule has 3 saturated heterocycles. The molecule has 5 heterocycles. The Bertz CT molecular complexity index is 1840. The highest BCUT2D eigenvalue weighted by molar-refractivity contribution is 6.01. The van der Waals surface area contributed by atoms with Crippen LogP contribution in [0.5, 0.6) is 11.8 Å². The minimum atomic E-state index is -0.927. The first-order valence-corrected chi connectivity index (χ1v) is 16.4. The van der Waals surface area contributed by atoms with Crippen LogP contribution < -0.4 is 9.64 Å². The van der Waals surface area contributed by atoms with Gasteiger partial charge in [-0.15, -0.1) is 0 Å². The molecule has 1 spiro atoms. The molecule has 0 unspecified atom stereocenters. The van der Waals surface area contributed by atoms with E-state index in [1.165, 1.54) is 24.4 Å². The highest BCUT2D eigenvalue weighted by Gasteiger charge is 2.50. The number of halogens is 4. The fourth-order valence-electron chi connectivity index (χ4n) is 8.80. The van der Waals surface area contributed by atoms with Crippen molar-refractivity contribution in [1.82, 2.24) is 19.9 Å². The molecule has 4 aromatic rings. The van der Waals surface area contributed by atoms with Crippen LogP contribution in [0, 0.1) is 17.0 Å². The molecule has 7 nitrogen and oxygen atoms in total. The summed E-state index contributed by atoms with van der Waals surface area (Å²) in [5, 5.41) is 12.0. The maximum absolute atomic E-state index is 16.9. The summed E-state index contributed by atoms with van der Waals surface area (Å²) >= 11 is 0. The first-order chi connectivity index (χ1) is 22.2. The lowest BCUT2D eigenvalue weighted by Crippen LogP contribution is -2.51. The number of aromatic hydroxyl groups is 1. The summed E-state index contributed by atoms with van der Waals surface area (Å²) in [5.74, 6) is -0.792. The summed E-state index contributed by atoms with van der Waals surface area (Å²) in [7, 11) is 0. The summed E-state index contributed by atoms with van der Waals surface area (Å²) < 4.78 is 66.6. The molecular weight excluding hydrogens is 598 g/mol. The molecule has 11 heteroatoms. The molecule has 0 amide bonds. The van der Waals surface area contributed by atoms with Crippen molar-refractivity contribution in [3.63, 3.8) is 0 Å². The van der Waals surface area contributed by atoms with Crippen LogP contribution in [0.1, 0.15) is 57.4 Å². The lowest BCUT2D eigenvalue weighted by molar-refractivity contribution is 0.0132. The van der Waals surface area contributed by atoms with Crippen molar-refractivity contribution < 1.29 is 27.4 Å². The van der Waals surface area contributed by atoms with E-state index in [-0.39, 0.29) is 40.6 Å². The Kier molecular flexibility index (Phi) is 7.04. The van der Waals surface area contributed by atoms with Gasteiger partial charge in [0.2, 0.25) is 0 Å². The van der Waals surface area contributed by atoms with Gasteiger partial charge in [-0.05, 0) is 91.4 Å². The Morgan fingerprint density at radius 1 is 1.02 bits per heavy atom. The molecule has 242 valence electrons. The largest absolute Gasteiger partial charge is 0.508 e. The number of anilines is 1. The number of aryl methyl sites for hydroxylation is 1. The van der Waals surface area contributed by atoms with Gasteiger partial charge in [-0.25, -0.2) is 17.6 Å². The van der Waals surface area contributed by atoms with Gasteiger partial charge in [0.1, 0.15) is 47.5 Å². The lowest BCUT2D eigenvalue weighted by Gasteiger charge is -2.50. The number of ether oxygens (including phenoxy) is 1. The van der Waals surface area contributed by atoms with Crippen molar-refractivity contribution in [2.24, 2.45) is 5.41 Å². The summed E-state index contributed by atoms with van der Waals surface area (Å²) in [6.07, 6.45) is 5.04. The van der Waals surface area contributed by atoms with E-state index < -0.39 is 29.5 Å². The zero-order valence-electron chi connectivity index (χ0n) is 25.8. The zero-order chi connectivity index (χ0) is 31.8. The van der Waals surface area contributed by atoms with Crippen LogP contribution in [0.2, 0.25) is 0 Å². The molecule has 8 rings (SSSR count). The van der Waals surface area contributed by atoms with E-state index in [9.17, 15) is 18.3 Å². The molecule has 4 fully saturated rings. The number of hydrogen-bond donors (Lipinski definition) is 1. The minimum Gasteiger partial charge on any atom is -0.508 e. The molecule has 3 aliphatic heterocycles. The predicted molar refractivity (Wildman–Crippen MR) is 168 cm³/mol. The van der Waals surface area contributed by atoms with Gasteiger partial charge in [-0.1, -0.05) is 13.0 Å². The Morgan fingerprint density at radius 2 is 1.85 bits per heavy atom. The Labute approximate surface area is 264 Å². The van der Waals surface area contributed by atoms with E-state index in [1.807, 2.05) is 6.92 Å². The van der Waals surface area contributed by atoms with Crippen molar-refractivity contribution in [3.8, 4) is 23.0 Å². The first-order valence-electron chi connectivity index (χ1n) is 16.4. The maximum atomic E-state index is 16.9. The summed E-state index contributed by atoms with van der Waals surface area (Å²) in [5.41, 5.74) is -0.0213. The molecule has 0 radical (unpaired) electrons. The molecule has 1 N–H and O–H groups in total. The SMILES string of the molecule is CCc1c(F)ccc2cc(O)cc(-c3ncc4c(N5CCCC6(CC(F)C6)C5)nc(OC[C@@]56CCCN5C[C@H](F)C6)nc4c3F)c12. The van der Waals surface area contributed by atoms with Gasteiger partial charge in [-0.3, -0.25) is 9.88 Å². The maximum Gasteiger partial charge on any atom is 0.319 e. The van der Waals surface area contributed by atoms with Crippen molar-refractivity contribution in [1.29, 1.82) is 0 Å². The lowest BCUT2D eigenvalue weighted by atomic mass is 9.63. The number of alkyl halides is 2. The van der Waals surface area contributed by atoms with E-state index >= 15 is 4.39 Å². The van der Waals surface area contributed by atoms with Crippen molar-refractivity contribution in [2.75, 3.05) is 37.7 Å². The molecule has 46 heavy (non-hydrogen) atoms. The number of benzene rings is 2. The van der Waals surface area contributed by atoms with E-state index in [0.717, 1.165) is 32.2 Å². The number of pyridine rings is 1. The third-order valence-electron chi connectivity index (χ3n) is 10.9. The Balaban J connectivity index is 1.26. The molecule has 4 aliphatic rings. The minimum absolute atomic E-state index is 0.0110. The van der Waals surface area contributed by atoms with Gasteiger partial charge >= 0.3 is 6.01 Å². The fourth-order valence-corrected chi connectivity index (χ4v) is 8.80. The average Bonchev–Trinajstić information content (AvgIpc) is 3.55. The normalized spacial score (nSPS) is 27.9. The monoisotopic (exact) mass is 635 g/mol. The van der Waals surface area contributed by atoms with Gasteiger partial charge in [0, 0.05) is 37.8 Å². The smallest absolute Gasteiger partial charge is 0.319 e. The van der Waals surface area contributed by atoms with E-state index in [2.05, 4.69) is 19.8 Å².